The van der Waals surface area contributed by atoms with E-state index in [-0.39, 0.29) is 5.78 Å². The summed E-state index contributed by atoms with van der Waals surface area (Å²) >= 11 is 0. The first-order chi connectivity index (χ1) is 7.86. The van der Waals surface area contributed by atoms with E-state index in [2.05, 4.69) is 5.32 Å². The van der Waals surface area contributed by atoms with E-state index in [0.717, 1.165) is 24.2 Å². The standard InChI is InChI=1S/C14H17NO/c16-14(12-7-3-1-4-8-12)11-13-9-5-2-6-10-15-13/h1,3-4,7-8,11,15H,2,5-6,9-10H2. The number of hydrogen-bond acceptors (Lipinski definition) is 2. The van der Waals surface area contributed by atoms with E-state index < -0.39 is 0 Å². The monoisotopic (exact) mass is 215 g/mol. The molecule has 1 heterocycles. The normalized spacial score (nSPS) is 18.9. The Kier molecular flexibility index (Phi) is 3.76. The quantitative estimate of drug-likeness (QED) is 0.607. The van der Waals surface area contributed by atoms with Crippen molar-refractivity contribution in [2.24, 2.45) is 0 Å². The van der Waals surface area contributed by atoms with Crippen LogP contribution in [-0.4, -0.2) is 12.3 Å². The Bertz CT molecular complexity index is 371. The summed E-state index contributed by atoms with van der Waals surface area (Å²) in [6.45, 7) is 0.994. The minimum atomic E-state index is 0.102. The Morgan fingerprint density at radius 1 is 1.12 bits per heavy atom. The predicted octanol–water partition coefficient (Wildman–Crippen LogP) is 2.92. The highest BCUT2D eigenvalue weighted by Gasteiger charge is 2.06. The molecule has 84 valence electrons. The summed E-state index contributed by atoms with van der Waals surface area (Å²) in [6, 6.07) is 9.43. The second-order valence-corrected chi connectivity index (χ2v) is 4.14. The summed E-state index contributed by atoms with van der Waals surface area (Å²) < 4.78 is 0. The molecule has 1 aliphatic heterocycles. The lowest BCUT2D eigenvalue weighted by Crippen LogP contribution is -2.13. The second kappa shape index (κ2) is 5.50. The van der Waals surface area contributed by atoms with E-state index in [4.69, 9.17) is 0 Å². The van der Waals surface area contributed by atoms with Crippen LogP contribution in [0.2, 0.25) is 0 Å². The smallest absolute Gasteiger partial charge is 0.187 e. The molecule has 1 aliphatic rings. The fraction of sp³-hybridized carbons (Fsp3) is 0.357. The van der Waals surface area contributed by atoms with E-state index in [9.17, 15) is 4.79 Å². The van der Waals surface area contributed by atoms with Gasteiger partial charge in [-0.25, -0.2) is 0 Å². The molecular formula is C14H17NO. The van der Waals surface area contributed by atoms with Crippen molar-refractivity contribution in [1.82, 2.24) is 5.32 Å². The number of carbonyl (C=O) groups excluding carboxylic acids is 1. The topological polar surface area (TPSA) is 29.1 Å². The van der Waals surface area contributed by atoms with E-state index in [1.807, 2.05) is 30.3 Å². The van der Waals surface area contributed by atoms with Crippen LogP contribution in [0.25, 0.3) is 0 Å². The number of benzene rings is 1. The van der Waals surface area contributed by atoms with E-state index >= 15 is 0 Å². The van der Waals surface area contributed by atoms with Crippen LogP contribution in [0.1, 0.15) is 36.0 Å². The van der Waals surface area contributed by atoms with Gasteiger partial charge in [0.15, 0.2) is 5.78 Å². The maximum absolute atomic E-state index is 11.9. The summed E-state index contributed by atoms with van der Waals surface area (Å²) in [5.74, 6) is 0.102. The number of rotatable bonds is 2. The zero-order chi connectivity index (χ0) is 11.2. The molecule has 0 saturated carbocycles. The minimum absolute atomic E-state index is 0.102. The van der Waals surface area contributed by atoms with Gasteiger partial charge in [-0.15, -0.1) is 0 Å². The van der Waals surface area contributed by atoms with Crippen molar-refractivity contribution in [2.75, 3.05) is 6.54 Å². The molecule has 1 fully saturated rings. The molecule has 0 radical (unpaired) electrons. The Morgan fingerprint density at radius 3 is 2.75 bits per heavy atom. The van der Waals surface area contributed by atoms with Gasteiger partial charge in [0.05, 0.1) is 0 Å². The van der Waals surface area contributed by atoms with Crippen molar-refractivity contribution < 1.29 is 4.79 Å². The van der Waals surface area contributed by atoms with Crippen LogP contribution in [0.3, 0.4) is 0 Å². The fourth-order valence-electron chi connectivity index (χ4n) is 1.92. The summed E-state index contributed by atoms with van der Waals surface area (Å²) in [4.78, 5) is 11.9. The van der Waals surface area contributed by atoms with Crippen molar-refractivity contribution in [1.29, 1.82) is 0 Å². The van der Waals surface area contributed by atoms with Crippen LogP contribution in [0.4, 0.5) is 0 Å². The van der Waals surface area contributed by atoms with Crippen LogP contribution in [0.5, 0.6) is 0 Å². The Hall–Kier alpha value is -1.57. The van der Waals surface area contributed by atoms with E-state index in [0.29, 0.717) is 0 Å². The van der Waals surface area contributed by atoms with Crippen LogP contribution in [-0.2, 0) is 0 Å². The summed E-state index contributed by atoms with van der Waals surface area (Å²) in [7, 11) is 0. The molecule has 1 saturated heterocycles. The summed E-state index contributed by atoms with van der Waals surface area (Å²) in [5.41, 5.74) is 1.85. The molecule has 1 N–H and O–H groups in total. The predicted molar refractivity (Wildman–Crippen MR) is 65.3 cm³/mol. The highest BCUT2D eigenvalue weighted by molar-refractivity contribution is 6.04. The molecule has 1 aromatic carbocycles. The molecule has 2 rings (SSSR count). The van der Waals surface area contributed by atoms with Crippen molar-refractivity contribution in [3.63, 3.8) is 0 Å². The first-order valence-corrected chi connectivity index (χ1v) is 5.90. The molecule has 0 unspecified atom stereocenters. The zero-order valence-corrected chi connectivity index (χ0v) is 9.41. The van der Waals surface area contributed by atoms with Crippen LogP contribution >= 0.6 is 0 Å². The maximum Gasteiger partial charge on any atom is 0.187 e. The Balaban J connectivity index is 2.08. The van der Waals surface area contributed by atoms with Crippen molar-refractivity contribution in [3.8, 4) is 0 Å². The molecule has 0 amide bonds. The van der Waals surface area contributed by atoms with Gasteiger partial charge in [0.2, 0.25) is 0 Å². The molecule has 0 spiro atoms. The minimum Gasteiger partial charge on any atom is -0.388 e. The largest absolute Gasteiger partial charge is 0.388 e. The fourth-order valence-corrected chi connectivity index (χ4v) is 1.92. The number of hydrogen-bond donors (Lipinski definition) is 1. The van der Waals surface area contributed by atoms with Gasteiger partial charge in [0.25, 0.3) is 0 Å². The van der Waals surface area contributed by atoms with Gasteiger partial charge in [-0.2, -0.15) is 0 Å². The lowest BCUT2D eigenvalue weighted by molar-refractivity contribution is 0.104. The summed E-state index contributed by atoms with van der Waals surface area (Å²) in [5, 5.41) is 3.32. The maximum atomic E-state index is 11.9. The average Bonchev–Trinajstić information content (AvgIpc) is 2.59. The Labute approximate surface area is 96.4 Å². The van der Waals surface area contributed by atoms with Gasteiger partial charge in [0, 0.05) is 23.9 Å². The molecule has 16 heavy (non-hydrogen) atoms. The number of carbonyl (C=O) groups is 1. The average molecular weight is 215 g/mol. The van der Waals surface area contributed by atoms with E-state index in [1.165, 1.54) is 19.3 Å². The molecule has 2 heteroatoms. The SMILES string of the molecule is O=C(C=C1CCCCCN1)c1ccccc1. The Morgan fingerprint density at radius 2 is 1.94 bits per heavy atom. The number of nitrogens with one attached hydrogen (secondary N) is 1. The third-order valence-corrected chi connectivity index (χ3v) is 2.84. The van der Waals surface area contributed by atoms with Crippen LogP contribution in [0, 0.1) is 0 Å². The van der Waals surface area contributed by atoms with Gasteiger partial charge >= 0.3 is 0 Å². The highest BCUT2D eigenvalue weighted by atomic mass is 16.1. The molecule has 0 atom stereocenters. The van der Waals surface area contributed by atoms with Crippen LogP contribution in [0.15, 0.2) is 42.1 Å². The summed E-state index contributed by atoms with van der Waals surface area (Å²) in [6.07, 6.45) is 6.39. The first kappa shape index (κ1) is 10.9. The molecular weight excluding hydrogens is 198 g/mol. The van der Waals surface area contributed by atoms with Gasteiger partial charge in [-0.05, 0) is 19.3 Å². The number of allylic oxidation sites excluding steroid dienone is 2. The second-order valence-electron chi connectivity index (χ2n) is 4.14. The number of ketones is 1. The van der Waals surface area contributed by atoms with Gasteiger partial charge in [-0.1, -0.05) is 36.8 Å². The van der Waals surface area contributed by atoms with Crippen molar-refractivity contribution in [3.05, 3.63) is 47.7 Å². The third-order valence-electron chi connectivity index (χ3n) is 2.84. The molecule has 0 aliphatic carbocycles. The first-order valence-electron chi connectivity index (χ1n) is 5.90. The van der Waals surface area contributed by atoms with Crippen molar-refractivity contribution in [2.45, 2.75) is 25.7 Å². The molecule has 0 aromatic heterocycles. The molecule has 2 nitrogen and oxygen atoms in total. The lowest BCUT2D eigenvalue weighted by atomic mass is 10.1. The third kappa shape index (κ3) is 2.96. The zero-order valence-electron chi connectivity index (χ0n) is 9.41. The van der Waals surface area contributed by atoms with E-state index in [1.54, 1.807) is 6.08 Å². The highest BCUT2D eigenvalue weighted by Crippen LogP contribution is 2.12. The molecule has 0 bridgehead atoms. The van der Waals surface area contributed by atoms with Crippen molar-refractivity contribution >= 4 is 5.78 Å². The lowest BCUT2D eigenvalue weighted by Gasteiger charge is -2.05. The van der Waals surface area contributed by atoms with Crippen LogP contribution < -0.4 is 5.32 Å². The van der Waals surface area contributed by atoms with Gasteiger partial charge in [-0.3, -0.25) is 4.79 Å². The van der Waals surface area contributed by atoms with Gasteiger partial charge < -0.3 is 5.32 Å². The molecule has 1 aromatic rings. The van der Waals surface area contributed by atoms with Gasteiger partial charge in [0.1, 0.15) is 0 Å².